The minimum Gasteiger partial charge on any atom is -0.296 e. The number of rotatable bonds is 6. The van der Waals surface area contributed by atoms with E-state index >= 15 is 0 Å². The largest absolute Gasteiger partial charge is 0.296 e. The highest BCUT2D eigenvalue weighted by molar-refractivity contribution is 7.99. The first kappa shape index (κ1) is 19.0. The Balaban J connectivity index is 1.69. The van der Waals surface area contributed by atoms with Crippen molar-refractivity contribution in [2.24, 2.45) is 0 Å². The van der Waals surface area contributed by atoms with Crippen LogP contribution in [0.4, 0.5) is 4.39 Å². The molecule has 2 aromatic heterocycles. The lowest BCUT2D eigenvalue weighted by molar-refractivity contribution is 0.214. The third kappa shape index (κ3) is 4.07. The van der Waals surface area contributed by atoms with Gasteiger partial charge in [-0.05, 0) is 56.2 Å². The van der Waals surface area contributed by atoms with Crippen LogP contribution in [0.25, 0.3) is 5.69 Å². The van der Waals surface area contributed by atoms with Gasteiger partial charge < -0.3 is 0 Å². The van der Waals surface area contributed by atoms with Crippen LogP contribution >= 0.6 is 11.8 Å². The molecular formula is C20H23FN6S. The molecule has 1 aromatic carbocycles. The van der Waals surface area contributed by atoms with Gasteiger partial charge in [-0.25, -0.2) is 14.4 Å². The van der Waals surface area contributed by atoms with E-state index in [0.29, 0.717) is 17.3 Å². The topological polar surface area (TPSA) is 59.7 Å². The Kier molecular flexibility index (Phi) is 5.97. The fourth-order valence-electron chi connectivity index (χ4n) is 3.41. The summed E-state index contributed by atoms with van der Waals surface area (Å²) in [5.74, 6) is 0.482. The van der Waals surface area contributed by atoms with Crippen molar-refractivity contribution in [2.45, 2.75) is 49.3 Å². The minimum atomic E-state index is -0.379. The van der Waals surface area contributed by atoms with Gasteiger partial charge in [-0.15, -0.1) is 10.2 Å². The van der Waals surface area contributed by atoms with Gasteiger partial charge in [0, 0.05) is 5.69 Å². The second kappa shape index (κ2) is 8.79. The molecule has 1 aliphatic heterocycles. The Morgan fingerprint density at radius 3 is 2.57 bits per heavy atom. The van der Waals surface area contributed by atoms with Crippen molar-refractivity contribution in [2.75, 3.05) is 13.1 Å². The second-order valence-corrected chi connectivity index (χ2v) is 7.76. The Labute approximate surface area is 168 Å². The third-order valence-electron chi connectivity index (χ3n) is 4.88. The van der Waals surface area contributed by atoms with Crippen LogP contribution in [-0.2, 0) is 13.0 Å². The monoisotopic (exact) mass is 398 g/mol. The van der Waals surface area contributed by atoms with Crippen LogP contribution in [-0.4, -0.2) is 42.7 Å². The normalized spacial score (nSPS) is 15.1. The van der Waals surface area contributed by atoms with E-state index in [9.17, 15) is 4.39 Å². The SMILES string of the molecule is CCc1ncnc(Sc2nnc(CN3CCCCC3)n2-c2ccccc2)c1F. The fraction of sp³-hybridized carbons (Fsp3) is 0.400. The fourth-order valence-corrected chi connectivity index (χ4v) is 4.28. The number of likely N-dealkylation sites (tertiary alicyclic amines) is 1. The maximum absolute atomic E-state index is 14.7. The Hall–Kier alpha value is -2.32. The average molecular weight is 399 g/mol. The molecule has 146 valence electrons. The Morgan fingerprint density at radius 1 is 1.04 bits per heavy atom. The van der Waals surface area contributed by atoms with Crippen molar-refractivity contribution in [1.82, 2.24) is 29.6 Å². The standard InChI is InChI=1S/C20H23FN6S/c1-2-16-18(21)19(23-14-22-16)28-20-25-24-17(13-26-11-7-4-8-12-26)27(20)15-9-5-3-6-10-15/h3,5-6,9-10,14H,2,4,7-8,11-13H2,1H3. The molecule has 0 amide bonds. The molecular weight excluding hydrogens is 375 g/mol. The molecule has 1 fully saturated rings. The summed E-state index contributed by atoms with van der Waals surface area (Å²) in [6.45, 7) is 4.76. The van der Waals surface area contributed by atoms with Crippen molar-refractivity contribution >= 4 is 11.8 Å². The summed E-state index contributed by atoms with van der Waals surface area (Å²) in [6, 6.07) is 9.97. The molecule has 1 aliphatic rings. The van der Waals surface area contributed by atoms with Gasteiger partial charge in [-0.2, -0.15) is 0 Å². The van der Waals surface area contributed by atoms with Gasteiger partial charge in [-0.3, -0.25) is 9.47 Å². The van der Waals surface area contributed by atoms with Gasteiger partial charge in [0.1, 0.15) is 11.4 Å². The summed E-state index contributed by atoms with van der Waals surface area (Å²) in [6.07, 6.45) is 5.64. The molecule has 0 saturated carbocycles. The van der Waals surface area contributed by atoms with Crippen LogP contribution in [0.3, 0.4) is 0 Å². The van der Waals surface area contributed by atoms with E-state index in [1.807, 2.05) is 41.8 Å². The molecule has 8 heteroatoms. The van der Waals surface area contributed by atoms with Crippen molar-refractivity contribution in [3.63, 3.8) is 0 Å². The molecule has 0 bridgehead atoms. The lowest BCUT2D eigenvalue weighted by atomic mass is 10.1. The summed E-state index contributed by atoms with van der Waals surface area (Å²) >= 11 is 1.19. The number of halogens is 1. The van der Waals surface area contributed by atoms with Gasteiger partial charge in [0.15, 0.2) is 11.6 Å². The zero-order chi connectivity index (χ0) is 19.3. The van der Waals surface area contributed by atoms with Crippen LogP contribution < -0.4 is 0 Å². The maximum atomic E-state index is 14.7. The summed E-state index contributed by atoms with van der Waals surface area (Å²) in [5, 5.41) is 9.70. The quantitative estimate of drug-likeness (QED) is 0.587. The molecule has 0 spiro atoms. The van der Waals surface area contributed by atoms with E-state index in [-0.39, 0.29) is 10.8 Å². The van der Waals surface area contributed by atoms with Gasteiger partial charge in [0.25, 0.3) is 0 Å². The van der Waals surface area contributed by atoms with Crippen LogP contribution in [0, 0.1) is 5.82 Å². The molecule has 28 heavy (non-hydrogen) atoms. The van der Waals surface area contributed by atoms with Crippen molar-refractivity contribution < 1.29 is 4.39 Å². The zero-order valence-corrected chi connectivity index (χ0v) is 16.7. The first-order valence-electron chi connectivity index (χ1n) is 9.65. The number of hydrogen-bond donors (Lipinski definition) is 0. The van der Waals surface area contributed by atoms with E-state index < -0.39 is 0 Å². The molecule has 3 heterocycles. The van der Waals surface area contributed by atoms with E-state index in [1.54, 1.807) is 0 Å². The summed E-state index contributed by atoms with van der Waals surface area (Å²) in [4.78, 5) is 10.5. The lowest BCUT2D eigenvalue weighted by Crippen LogP contribution is -2.30. The Morgan fingerprint density at radius 2 is 1.82 bits per heavy atom. The number of nitrogens with zero attached hydrogens (tertiary/aromatic N) is 6. The molecule has 6 nitrogen and oxygen atoms in total. The number of aryl methyl sites for hydroxylation is 1. The summed E-state index contributed by atoms with van der Waals surface area (Å²) in [5.41, 5.74) is 1.38. The van der Waals surface area contributed by atoms with Crippen LogP contribution in [0.15, 0.2) is 46.8 Å². The van der Waals surface area contributed by atoms with Crippen LogP contribution in [0.2, 0.25) is 0 Å². The van der Waals surface area contributed by atoms with E-state index in [1.165, 1.54) is 37.4 Å². The zero-order valence-electron chi connectivity index (χ0n) is 15.9. The van der Waals surface area contributed by atoms with Crippen LogP contribution in [0.1, 0.15) is 37.7 Å². The van der Waals surface area contributed by atoms with E-state index in [0.717, 1.165) is 31.1 Å². The molecule has 1 saturated heterocycles. The van der Waals surface area contributed by atoms with Crippen molar-refractivity contribution in [3.8, 4) is 5.69 Å². The number of aromatic nitrogens is 5. The van der Waals surface area contributed by atoms with Gasteiger partial charge in [0.05, 0.1) is 12.2 Å². The van der Waals surface area contributed by atoms with E-state index in [4.69, 9.17) is 0 Å². The van der Waals surface area contributed by atoms with Crippen molar-refractivity contribution in [3.05, 3.63) is 54.0 Å². The highest BCUT2D eigenvalue weighted by Crippen LogP contribution is 2.30. The number of para-hydroxylation sites is 1. The maximum Gasteiger partial charge on any atom is 0.202 e. The van der Waals surface area contributed by atoms with Gasteiger partial charge >= 0.3 is 0 Å². The van der Waals surface area contributed by atoms with E-state index in [2.05, 4.69) is 25.1 Å². The predicted octanol–water partition coefficient (Wildman–Crippen LogP) is 3.90. The highest BCUT2D eigenvalue weighted by Gasteiger charge is 2.21. The molecule has 0 N–H and O–H groups in total. The average Bonchev–Trinajstić information content (AvgIpc) is 3.13. The summed E-state index contributed by atoms with van der Waals surface area (Å²) < 4.78 is 16.7. The minimum absolute atomic E-state index is 0.279. The third-order valence-corrected chi connectivity index (χ3v) is 5.81. The lowest BCUT2D eigenvalue weighted by Gasteiger charge is -2.26. The molecule has 0 radical (unpaired) electrons. The van der Waals surface area contributed by atoms with Gasteiger partial charge in [-0.1, -0.05) is 31.5 Å². The number of piperidine rings is 1. The molecule has 0 atom stereocenters. The first-order chi connectivity index (χ1) is 13.8. The van der Waals surface area contributed by atoms with Crippen LogP contribution in [0.5, 0.6) is 0 Å². The molecule has 0 aliphatic carbocycles. The molecule has 3 aromatic rings. The second-order valence-electron chi connectivity index (χ2n) is 6.80. The van der Waals surface area contributed by atoms with Crippen molar-refractivity contribution in [1.29, 1.82) is 0 Å². The predicted molar refractivity (Wildman–Crippen MR) is 106 cm³/mol. The molecule has 0 unspecified atom stereocenters. The molecule has 4 rings (SSSR count). The smallest absolute Gasteiger partial charge is 0.202 e. The van der Waals surface area contributed by atoms with Gasteiger partial charge in [0.2, 0.25) is 5.16 Å². The highest BCUT2D eigenvalue weighted by atomic mass is 32.2. The summed E-state index contributed by atoms with van der Waals surface area (Å²) in [7, 11) is 0. The number of hydrogen-bond acceptors (Lipinski definition) is 6. The Bertz CT molecular complexity index is 924. The number of benzene rings is 1. The first-order valence-corrected chi connectivity index (χ1v) is 10.5.